The van der Waals surface area contributed by atoms with E-state index in [4.69, 9.17) is 9.47 Å². The SMILES string of the molecule is CCC(=COC(C)Oc1ccccc1)CC=O. The highest BCUT2D eigenvalue weighted by atomic mass is 16.7. The van der Waals surface area contributed by atoms with Crippen LogP contribution in [0.2, 0.25) is 0 Å². The first-order chi connectivity index (χ1) is 8.26. The lowest BCUT2D eigenvalue weighted by molar-refractivity contribution is -0.107. The summed E-state index contributed by atoms with van der Waals surface area (Å²) in [5.41, 5.74) is 0.962. The van der Waals surface area contributed by atoms with Crippen LogP contribution in [0.3, 0.4) is 0 Å². The third-order valence-electron chi connectivity index (χ3n) is 2.27. The second-order valence-corrected chi connectivity index (χ2v) is 3.64. The molecule has 0 N–H and O–H groups in total. The van der Waals surface area contributed by atoms with Crippen molar-refractivity contribution >= 4 is 6.29 Å². The Balaban J connectivity index is 2.44. The van der Waals surface area contributed by atoms with Gasteiger partial charge in [0, 0.05) is 13.3 Å². The van der Waals surface area contributed by atoms with Gasteiger partial charge in [-0.05, 0) is 24.1 Å². The van der Waals surface area contributed by atoms with Gasteiger partial charge in [0.2, 0.25) is 6.29 Å². The van der Waals surface area contributed by atoms with Crippen LogP contribution in [0.5, 0.6) is 5.75 Å². The fourth-order valence-electron chi connectivity index (χ4n) is 1.29. The van der Waals surface area contributed by atoms with Gasteiger partial charge in [-0.25, -0.2) is 0 Å². The number of rotatable bonds is 7. The van der Waals surface area contributed by atoms with Crippen molar-refractivity contribution in [3.63, 3.8) is 0 Å². The number of para-hydroxylation sites is 1. The quantitative estimate of drug-likeness (QED) is 0.412. The first kappa shape index (κ1) is 13.3. The third-order valence-corrected chi connectivity index (χ3v) is 2.27. The first-order valence-electron chi connectivity index (χ1n) is 5.75. The summed E-state index contributed by atoms with van der Waals surface area (Å²) >= 11 is 0. The lowest BCUT2D eigenvalue weighted by Crippen LogP contribution is -2.13. The molecule has 0 aliphatic heterocycles. The summed E-state index contributed by atoms with van der Waals surface area (Å²) in [6.45, 7) is 3.80. The number of hydrogen-bond donors (Lipinski definition) is 0. The molecule has 0 heterocycles. The minimum atomic E-state index is -0.370. The van der Waals surface area contributed by atoms with Crippen molar-refractivity contribution in [2.24, 2.45) is 0 Å². The monoisotopic (exact) mass is 234 g/mol. The van der Waals surface area contributed by atoms with E-state index in [2.05, 4.69) is 0 Å². The third kappa shape index (κ3) is 5.20. The van der Waals surface area contributed by atoms with Crippen LogP contribution < -0.4 is 4.74 Å². The molecule has 0 aliphatic carbocycles. The molecule has 0 aliphatic rings. The normalized spacial score (nSPS) is 12.9. The lowest BCUT2D eigenvalue weighted by atomic mass is 10.2. The fraction of sp³-hybridized carbons (Fsp3) is 0.357. The van der Waals surface area contributed by atoms with Crippen LogP contribution >= 0.6 is 0 Å². The van der Waals surface area contributed by atoms with Gasteiger partial charge >= 0.3 is 0 Å². The van der Waals surface area contributed by atoms with Gasteiger partial charge in [0.25, 0.3) is 0 Å². The van der Waals surface area contributed by atoms with E-state index in [0.29, 0.717) is 6.42 Å². The minimum absolute atomic E-state index is 0.370. The largest absolute Gasteiger partial charge is 0.463 e. The van der Waals surface area contributed by atoms with Gasteiger partial charge in [-0.15, -0.1) is 0 Å². The molecule has 1 unspecified atom stereocenters. The average molecular weight is 234 g/mol. The number of ether oxygens (including phenoxy) is 2. The van der Waals surface area contributed by atoms with Gasteiger partial charge in [-0.2, -0.15) is 0 Å². The molecule has 0 fully saturated rings. The second kappa shape index (κ2) is 7.49. The Morgan fingerprint density at radius 3 is 2.65 bits per heavy atom. The Bertz CT molecular complexity index is 357. The van der Waals surface area contributed by atoms with Crippen LogP contribution in [0.4, 0.5) is 0 Å². The van der Waals surface area contributed by atoms with E-state index in [9.17, 15) is 4.79 Å². The van der Waals surface area contributed by atoms with E-state index in [1.807, 2.05) is 44.2 Å². The Labute approximate surface area is 102 Å². The smallest absolute Gasteiger partial charge is 0.237 e. The summed E-state index contributed by atoms with van der Waals surface area (Å²) in [6.07, 6.45) is 3.33. The molecule has 0 saturated heterocycles. The molecular weight excluding hydrogens is 216 g/mol. The predicted molar refractivity (Wildman–Crippen MR) is 66.7 cm³/mol. The van der Waals surface area contributed by atoms with Crippen LogP contribution in [0.1, 0.15) is 26.7 Å². The van der Waals surface area contributed by atoms with Gasteiger partial charge in [-0.3, -0.25) is 0 Å². The van der Waals surface area contributed by atoms with Crippen molar-refractivity contribution in [2.75, 3.05) is 0 Å². The van der Waals surface area contributed by atoms with Crippen molar-refractivity contribution in [2.45, 2.75) is 33.0 Å². The van der Waals surface area contributed by atoms with E-state index in [-0.39, 0.29) is 6.29 Å². The summed E-state index contributed by atoms with van der Waals surface area (Å²) < 4.78 is 10.9. The zero-order chi connectivity index (χ0) is 12.5. The van der Waals surface area contributed by atoms with E-state index < -0.39 is 0 Å². The van der Waals surface area contributed by atoms with E-state index >= 15 is 0 Å². The number of hydrogen-bond acceptors (Lipinski definition) is 3. The maximum Gasteiger partial charge on any atom is 0.237 e. The topological polar surface area (TPSA) is 35.5 Å². The molecule has 92 valence electrons. The summed E-state index contributed by atoms with van der Waals surface area (Å²) in [4.78, 5) is 10.4. The second-order valence-electron chi connectivity index (χ2n) is 3.64. The minimum Gasteiger partial charge on any atom is -0.463 e. The Hall–Kier alpha value is -1.77. The molecule has 0 radical (unpaired) electrons. The maximum atomic E-state index is 10.4. The number of allylic oxidation sites excluding steroid dienone is 1. The van der Waals surface area contributed by atoms with Crippen LogP contribution in [-0.4, -0.2) is 12.6 Å². The molecule has 3 heteroatoms. The van der Waals surface area contributed by atoms with Crippen molar-refractivity contribution < 1.29 is 14.3 Å². The van der Waals surface area contributed by atoms with Crippen molar-refractivity contribution in [1.82, 2.24) is 0 Å². The molecule has 1 aromatic rings. The van der Waals surface area contributed by atoms with Crippen molar-refractivity contribution in [1.29, 1.82) is 0 Å². The number of benzene rings is 1. The first-order valence-corrected chi connectivity index (χ1v) is 5.75. The molecule has 1 rings (SSSR count). The Morgan fingerprint density at radius 2 is 2.06 bits per heavy atom. The number of carbonyl (C=O) groups excluding carboxylic acids is 1. The Morgan fingerprint density at radius 1 is 1.35 bits per heavy atom. The highest BCUT2D eigenvalue weighted by Gasteiger charge is 2.02. The van der Waals surface area contributed by atoms with Crippen LogP contribution in [0.15, 0.2) is 42.2 Å². The molecule has 1 aromatic carbocycles. The standard InChI is InChI=1S/C14H18O3/c1-3-13(9-10-15)11-16-12(2)17-14-7-5-4-6-8-14/h4-8,10-12H,3,9H2,1-2H3. The molecule has 17 heavy (non-hydrogen) atoms. The summed E-state index contributed by atoms with van der Waals surface area (Å²) in [7, 11) is 0. The van der Waals surface area contributed by atoms with Gasteiger partial charge in [0.05, 0.1) is 6.26 Å². The van der Waals surface area contributed by atoms with Gasteiger partial charge in [0.15, 0.2) is 0 Å². The molecule has 0 spiro atoms. The zero-order valence-corrected chi connectivity index (χ0v) is 10.3. The van der Waals surface area contributed by atoms with Crippen molar-refractivity contribution in [3.05, 3.63) is 42.2 Å². The molecule has 3 nitrogen and oxygen atoms in total. The van der Waals surface area contributed by atoms with Gasteiger partial charge in [-0.1, -0.05) is 25.1 Å². The molecule has 0 saturated carbocycles. The average Bonchev–Trinajstić information content (AvgIpc) is 2.35. The van der Waals surface area contributed by atoms with Gasteiger partial charge in [0.1, 0.15) is 12.0 Å². The predicted octanol–water partition coefficient (Wildman–Crippen LogP) is 3.31. The zero-order valence-electron chi connectivity index (χ0n) is 10.3. The van der Waals surface area contributed by atoms with E-state index in [1.54, 1.807) is 6.26 Å². The highest BCUT2D eigenvalue weighted by molar-refractivity contribution is 5.53. The van der Waals surface area contributed by atoms with Crippen LogP contribution in [-0.2, 0) is 9.53 Å². The number of carbonyl (C=O) groups is 1. The maximum absolute atomic E-state index is 10.4. The van der Waals surface area contributed by atoms with E-state index in [1.165, 1.54) is 0 Å². The summed E-state index contributed by atoms with van der Waals surface area (Å²) in [5, 5.41) is 0. The summed E-state index contributed by atoms with van der Waals surface area (Å²) in [6, 6.07) is 9.48. The molecular formula is C14H18O3. The molecule has 0 bridgehead atoms. The van der Waals surface area contributed by atoms with E-state index in [0.717, 1.165) is 24.0 Å². The Kier molecular flexibility index (Phi) is 5.86. The molecule has 1 atom stereocenters. The van der Waals surface area contributed by atoms with Crippen LogP contribution in [0.25, 0.3) is 0 Å². The number of aldehydes is 1. The van der Waals surface area contributed by atoms with Crippen LogP contribution in [0, 0.1) is 0 Å². The van der Waals surface area contributed by atoms with Gasteiger partial charge < -0.3 is 14.3 Å². The van der Waals surface area contributed by atoms with Crippen molar-refractivity contribution in [3.8, 4) is 5.75 Å². The summed E-state index contributed by atoms with van der Waals surface area (Å²) in [5.74, 6) is 0.766. The highest BCUT2D eigenvalue weighted by Crippen LogP contribution is 2.12. The fourth-order valence-corrected chi connectivity index (χ4v) is 1.29. The molecule has 0 aromatic heterocycles. The lowest BCUT2D eigenvalue weighted by Gasteiger charge is -2.14. The molecule has 0 amide bonds.